The van der Waals surface area contributed by atoms with Crippen molar-refractivity contribution >= 4 is 40.5 Å². The number of anilines is 2. The normalized spacial score (nSPS) is 22.3. The Labute approximate surface area is 187 Å². The smallest absolute Gasteiger partial charge is 0.273 e. The largest absolute Gasteiger partial charge is 0.274 e. The van der Waals surface area contributed by atoms with Gasteiger partial charge >= 0.3 is 0 Å². The minimum absolute atomic E-state index is 0.149. The molecular formula is C23H16ClN3O5. The Balaban J connectivity index is 1.64. The molecule has 2 fully saturated rings. The van der Waals surface area contributed by atoms with Crippen LogP contribution in [0.15, 0.2) is 78.9 Å². The molecule has 2 amide bonds. The Morgan fingerprint density at radius 2 is 1.56 bits per heavy atom. The van der Waals surface area contributed by atoms with Gasteiger partial charge in [-0.25, -0.2) is 9.96 Å². The lowest BCUT2D eigenvalue weighted by molar-refractivity contribution is -0.385. The summed E-state index contributed by atoms with van der Waals surface area (Å²) in [6.07, 6.45) is -1.12. The molecular weight excluding hydrogens is 434 g/mol. The lowest BCUT2D eigenvalue weighted by Gasteiger charge is -2.28. The van der Waals surface area contributed by atoms with Crippen LogP contribution in [0.4, 0.5) is 17.1 Å². The molecule has 3 aromatic rings. The van der Waals surface area contributed by atoms with E-state index >= 15 is 0 Å². The average Bonchev–Trinajstić information content (AvgIpc) is 3.30. The topological polar surface area (TPSA) is 93.0 Å². The number of carbonyl (C=O) groups is 2. The van der Waals surface area contributed by atoms with Gasteiger partial charge in [0.2, 0.25) is 5.91 Å². The highest BCUT2D eigenvalue weighted by atomic mass is 35.5. The Morgan fingerprint density at radius 3 is 2.28 bits per heavy atom. The number of nitrogens with zero attached hydrogens (tertiary/aromatic N) is 3. The van der Waals surface area contributed by atoms with Crippen LogP contribution in [0.25, 0.3) is 0 Å². The summed E-state index contributed by atoms with van der Waals surface area (Å²) in [6.45, 7) is 0. The summed E-state index contributed by atoms with van der Waals surface area (Å²) < 4.78 is 0. The first-order valence-electron chi connectivity index (χ1n) is 9.85. The SMILES string of the molecule is O=C1[C@@H]2[C@H](ON(c3ccccc3)[C@H]2c2ccccc2[N+](=O)[O-])C(=O)N1c1cccc(Cl)c1. The van der Waals surface area contributed by atoms with Gasteiger partial charge in [0.25, 0.3) is 11.6 Å². The predicted molar refractivity (Wildman–Crippen MR) is 117 cm³/mol. The van der Waals surface area contributed by atoms with Crippen LogP contribution >= 0.6 is 11.6 Å². The van der Waals surface area contributed by atoms with Gasteiger partial charge in [0.1, 0.15) is 12.0 Å². The van der Waals surface area contributed by atoms with Gasteiger partial charge in [-0.05, 0) is 36.4 Å². The number of hydroxylamine groups is 1. The summed E-state index contributed by atoms with van der Waals surface area (Å²) in [5.74, 6) is -2.00. The number of hydrogen-bond donors (Lipinski definition) is 0. The maximum atomic E-state index is 13.5. The highest BCUT2D eigenvalue weighted by Crippen LogP contribution is 2.49. The van der Waals surface area contributed by atoms with Crippen molar-refractivity contribution in [3.05, 3.63) is 99.6 Å². The number of nitro groups is 1. The minimum Gasteiger partial charge on any atom is -0.273 e. The van der Waals surface area contributed by atoms with Crippen LogP contribution in [0.2, 0.25) is 5.02 Å². The molecule has 2 saturated heterocycles. The van der Waals surface area contributed by atoms with E-state index in [1.165, 1.54) is 17.2 Å². The van der Waals surface area contributed by atoms with Crippen molar-refractivity contribution in [2.75, 3.05) is 9.96 Å². The highest BCUT2D eigenvalue weighted by molar-refractivity contribution is 6.31. The molecule has 0 bridgehead atoms. The van der Waals surface area contributed by atoms with Gasteiger partial charge in [-0.15, -0.1) is 0 Å². The summed E-state index contributed by atoms with van der Waals surface area (Å²) in [7, 11) is 0. The van der Waals surface area contributed by atoms with E-state index in [9.17, 15) is 19.7 Å². The quantitative estimate of drug-likeness (QED) is 0.335. The van der Waals surface area contributed by atoms with Crippen LogP contribution in [-0.4, -0.2) is 22.8 Å². The summed E-state index contributed by atoms with van der Waals surface area (Å²) in [4.78, 5) is 45.1. The third kappa shape index (κ3) is 3.12. The fourth-order valence-corrected chi connectivity index (χ4v) is 4.49. The van der Waals surface area contributed by atoms with E-state index in [2.05, 4.69) is 0 Å². The third-order valence-corrected chi connectivity index (χ3v) is 5.88. The van der Waals surface area contributed by atoms with Crippen LogP contribution in [0.5, 0.6) is 0 Å². The van der Waals surface area contributed by atoms with Gasteiger partial charge in [0, 0.05) is 11.1 Å². The van der Waals surface area contributed by atoms with Gasteiger partial charge in [0.15, 0.2) is 6.10 Å². The van der Waals surface area contributed by atoms with Crippen LogP contribution in [0.1, 0.15) is 11.6 Å². The number of hydrogen-bond acceptors (Lipinski definition) is 6. The molecule has 0 unspecified atom stereocenters. The molecule has 32 heavy (non-hydrogen) atoms. The van der Waals surface area contributed by atoms with Crippen molar-refractivity contribution in [3.63, 3.8) is 0 Å². The Morgan fingerprint density at radius 1 is 0.875 bits per heavy atom. The van der Waals surface area contributed by atoms with Crippen molar-refractivity contribution in [1.82, 2.24) is 0 Å². The summed E-state index contributed by atoms with van der Waals surface area (Å²) in [5, 5.41) is 13.6. The molecule has 0 radical (unpaired) electrons. The van der Waals surface area contributed by atoms with E-state index in [-0.39, 0.29) is 5.69 Å². The molecule has 0 aromatic heterocycles. The van der Waals surface area contributed by atoms with E-state index in [0.29, 0.717) is 22.0 Å². The summed E-state index contributed by atoms with van der Waals surface area (Å²) >= 11 is 6.06. The first-order valence-corrected chi connectivity index (χ1v) is 10.2. The Hall–Kier alpha value is -3.75. The molecule has 0 spiro atoms. The number of rotatable bonds is 4. The standard InChI is InChI=1S/C23H16ClN3O5/c24-14-7-6-10-16(13-14)25-22(28)19-20(17-11-4-5-12-18(17)27(30)31)26(32-21(19)23(25)29)15-8-2-1-3-9-15/h1-13,19-21H/t19-,20-,21-/m0/s1. The average molecular weight is 450 g/mol. The lowest BCUT2D eigenvalue weighted by atomic mass is 9.89. The zero-order valence-electron chi connectivity index (χ0n) is 16.5. The number of carbonyl (C=O) groups excluding carboxylic acids is 2. The monoisotopic (exact) mass is 449 g/mol. The van der Waals surface area contributed by atoms with Crippen molar-refractivity contribution in [2.24, 2.45) is 5.92 Å². The number of para-hydroxylation sites is 2. The molecule has 5 rings (SSSR count). The van der Waals surface area contributed by atoms with Crippen molar-refractivity contribution in [1.29, 1.82) is 0 Å². The van der Waals surface area contributed by atoms with Gasteiger partial charge in [-0.1, -0.05) is 48.0 Å². The molecule has 0 saturated carbocycles. The molecule has 9 heteroatoms. The fourth-order valence-electron chi connectivity index (χ4n) is 4.30. The van der Waals surface area contributed by atoms with E-state index in [1.54, 1.807) is 60.7 Å². The molecule has 2 heterocycles. The Kier molecular flexibility index (Phi) is 4.88. The minimum atomic E-state index is -1.12. The van der Waals surface area contributed by atoms with Gasteiger partial charge in [0.05, 0.1) is 21.9 Å². The predicted octanol–water partition coefficient (Wildman–Crippen LogP) is 4.30. The summed E-state index contributed by atoms with van der Waals surface area (Å²) in [5.41, 5.74) is 1.06. The van der Waals surface area contributed by atoms with E-state index < -0.39 is 34.8 Å². The number of fused-ring (bicyclic) bond motifs is 1. The van der Waals surface area contributed by atoms with Crippen molar-refractivity contribution in [3.8, 4) is 0 Å². The second kappa shape index (κ2) is 7.74. The number of amides is 2. The van der Waals surface area contributed by atoms with Crippen LogP contribution in [-0.2, 0) is 14.4 Å². The molecule has 8 nitrogen and oxygen atoms in total. The second-order valence-corrected chi connectivity index (χ2v) is 7.90. The zero-order chi connectivity index (χ0) is 22.4. The third-order valence-electron chi connectivity index (χ3n) is 5.64. The van der Waals surface area contributed by atoms with Crippen LogP contribution in [0, 0.1) is 16.0 Å². The summed E-state index contributed by atoms with van der Waals surface area (Å²) in [6, 6.07) is 20.6. The molecule has 2 aliphatic heterocycles. The molecule has 2 aliphatic rings. The Bertz CT molecular complexity index is 1240. The van der Waals surface area contributed by atoms with Crippen LogP contribution in [0.3, 0.4) is 0 Å². The maximum Gasteiger partial charge on any atom is 0.274 e. The van der Waals surface area contributed by atoms with E-state index in [4.69, 9.17) is 16.4 Å². The number of halogens is 1. The molecule has 0 aliphatic carbocycles. The molecule has 160 valence electrons. The molecule has 3 aromatic carbocycles. The fraction of sp³-hybridized carbons (Fsp3) is 0.130. The first kappa shape index (κ1) is 20.2. The van der Waals surface area contributed by atoms with E-state index in [0.717, 1.165) is 4.90 Å². The zero-order valence-corrected chi connectivity index (χ0v) is 17.3. The number of imide groups is 1. The van der Waals surface area contributed by atoms with Gasteiger partial charge < -0.3 is 0 Å². The lowest BCUT2D eigenvalue weighted by Crippen LogP contribution is -2.37. The highest BCUT2D eigenvalue weighted by Gasteiger charge is 2.61. The maximum absolute atomic E-state index is 13.5. The number of benzene rings is 3. The number of nitro benzene ring substituents is 1. The van der Waals surface area contributed by atoms with Crippen molar-refractivity contribution in [2.45, 2.75) is 12.1 Å². The first-order chi connectivity index (χ1) is 15.5. The van der Waals surface area contributed by atoms with Gasteiger partial charge in [-0.2, -0.15) is 0 Å². The molecule has 0 N–H and O–H groups in total. The van der Waals surface area contributed by atoms with Gasteiger partial charge in [-0.3, -0.25) is 24.5 Å². The second-order valence-electron chi connectivity index (χ2n) is 7.47. The van der Waals surface area contributed by atoms with Crippen LogP contribution < -0.4 is 9.96 Å². The molecule has 3 atom stereocenters. The van der Waals surface area contributed by atoms with E-state index in [1.807, 2.05) is 6.07 Å². The van der Waals surface area contributed by atoms with Crippen molar-refractivity contribution < 1.29 is 19.3 Å².